The van der Waals surface area contributed by atoms with Gasteiger partial charge in [-0.1, -0.05) is 15.9 Å². The molecule has 0 bridgehead atoms. The van der Waals surface area contributed by atoms with E-state index in [-0.39, 0.29) is 11.4 Å². The van der Waals surface area contributed by atoms with Crippen molar-refractivity contribution in [3.8, 4) is 11.5 Å². The first-order chi connectivity index (χ1) is 11.9. The number of carbonyl (C=O) groups is 1. The van der Waals surface area contributed by atoms with Crippen molar-refractivity contribution in [1.82, 2.24) is 0 Å². The molecule has 0 spiro atoms. The number of rotatable bonds is 7. The van der Waals surface area contributed by atoms with E-state index < -0.39 is 16.9 Å². The first-order valence-electron chi connectivity index (χ1n) is 7.55. The topological polar surface area (TPSA) is 90.7 Å². The van der Waals surface area contributed by atoms with E-state index in [9.17, 15) is 14.9 Å². The fourth-order valence-corrected chi connectivity index (χ4v) is 2.29. The van der Waals surface area contributed by atoms with Crippen molar-refractivity contribution in [2.24, 2.45) is 0 Å². The zero-order chi connectivity index (χ0) is 18.4. The van der Waals surface area contributed by atoms with Gasteiger partial charge >= 0.3 is 0 Å². The Hall–Kier alpha value is -2.61. The molecule has 1 N–H and O–H groups in total. The molecule has 2 aromatic carbocycles. The number of halogens is 1. The number of nitro groups is 1. The van der Waals surface area contributed by atoms with Gasteiger partial charge in [0.1, 0.15) is 17.2 Å². The molecule has 1 amide bonds. The van der Waals surface area contributed by atoms with Crippen LogP contribution in [0.1, 0.15) is 13.8 Å². The second kappa shape index (κ2) is 8.48. The van der Waals surface area contributed by atoms with E-state index >= 15 is 0 Å². The normalized spacial score (nSPS) is 11.5. The van der Waals surface area contributed by atoms with Gasteiger partial charge in [0, 0.05) is 4.47 Å². The van der Waals surface area contributed by atoms with Gasteiger partial charge in [0.2, 0.25) is 0 Å². The molecule has 132 valence electrons. The van der Waals surface area contributed by atoms with Gasteiger partial charge in [0.15, 0.2) is 6.10 Å². The van der Waals surface area contributed by atoms with Crippen LogP contribution in [0.4, 0.5) is 11.4 Å². The monoisotopic (exact) mass is 408 g/mol. The highest BCUT2D eigenvalue weighted by Crippen LogP contribution is 2.29. The summed E-state index contributed by atoms with van der Waals surface area (Å²) in [6, 6.07) is 11.3. The maximum atomic E-state index is 12.3. The molecule has 0 heterocycles. The van der Waals surface area contributed by atoms with Crippen molar-refractivity contribution in [3.05, 3.63) is 57.1 Å². The Kier molecular flexibility index (Phi) is 6.35. The van der Waals surface area contributed by atoms with Crippen molar-refractivity contribution in [3.63, 3.8) is 0 Å². The number of anilines is 1. The maximum absolute atomic E-state index is 12.3. The second-order valence-electron chi connectivity index (χ2n) is 5.07. The minimum Gasteiger partial charge on any atom is -0.494 e. The molecule has 25 heavy (non-hydrogen) atoms. The number of amides is 1. The Balaban J connectivity index is 2.10. The van der Waals surface area contributed by atoms with Crippen molar-refractivity contribution < 1.29 is 19.2 Å². The van der Waals surface area contributed by atoms with Crippen molar-refractivity contribution >= 4 is 33.2 Å². The molecule has 1 atom stereocenters. The number of nitrogens with one attached hydrogen (secondary N) is 1. The number of nitrogens with zero attached hydrogens (tertiary/aromatic N) is 1. The van der Waals surface area contributed by atoms with E-state index in [0.717, 1.165) is 4.47 Å². The van der Waals surface area contributed by atoms with Crippen LogP contribution >= 0.6 is 15.9 Å². The molecule has 7 nitrogen and oxygen atoms in total. The molecule has 0 radical (unpaired) electrons. The summed E-state index contributed by atoms with van der Waals surface area (Å²) in [7, 11) is 0. The third-order valence-corrected chi connectivity index (χ3v) is 3.76. The lowest BCUT2D eigenvalue weighted by atomic mass is 10.2. The first kappa shape index (κ1) is 18.7. The van der Waals surface area contributed by atoms with Crippen molar-refractivity contribution in [2.45, 2.75) is 20.0 Å². The first-order valence-corrected chi connectivity index (χ1v) is 8.34. The third kappa shape index (κ3) is 5.18. The molecule has 0 saturated carbocycles. The Morgan fingerprint density at radius 3 is 2.48 bits per heavy atom. The van der Waals surface area contributed by atoms with E-state index in [1.807, 2.05) is 0 Å². The molecule has 2 aromatic rings. The highest BCUT2D eigenvalue weighted by Gasteiger charge is 2.21. The van der Waals surface area contributed by atoms with Crippen LogP contribution in [0.3, 0.4) is 0 Å². The van der Waals surface area contributed by atoms with Crippen LogP contribution < -0.4 is 14.8 Å². The van der Waals surface area contributed by atoms with Crippen LogP contribution in [0.25, 0.3) is 0 Å². The predicted octanol–water partition coefficient (Wildman–Crippen LogP) is 4.16. The van der Waals surface area contributed by atoms with Gasteiger partial charge in [0.05, 0.1) is 17.6 Å². The minimum absolute atomic E-state index is 0.0877. The molecule has 0 aliphatic rings. The number of hydrogen-bond donors (Lipinski definition) is 1. The SMILES string of the molecule is CCOc1ccc(NC(=O)C(C)Oc2ccc(Br)cc2)c([N+](=O)[O-])c1. The van der Waals surface area contributed by atoms with Gasteiger partial charge in [-0.05, 0) is 50.2 Å². The van der Waals surface area contributed by atoms with Crippen molar-refractivity contribution in [2.75, 3.05) is 11.9 Å². The fraction of sp³-hybridized carbons (Fsp3) is 0.235. The lowest BCUT2D eigenvalue weighted by Gasteiger charge is -2.15. The molecule has 2 rings (SSSR count). The summed E-state index contributed by atoms with van der Waals surface area (Å²) in [5, 5.41) is 13.7. The van der Waals surface area contributed by atoms with Gasteiger partial charge in [-0.15, -0.1) is 0 Å². The average molecular weight is 409 g/mol. The molecular formula is C17H17BrN2O5. The number of benzene rings is 2. The summed E-state index contributed by atoms with van der Waals surface area (Å²) in [5.74, 6) is 0.397. The standard InChI is InChI=1S/C17H17BrN2O5/c1-3-24-14-8-9-15(16(10-14)20(22)23)19-17(21)11(2)25-13-6-4-12(18)5-7-13/h4-11H,3H2,1-2H3,(H,19,21). The largest absolute Gasteiger partial charge is 0.494 e. The fourth-order valence-electron chi connectivity index (χ4n) is 2.03. The molecule has 0 fully saturated rings. The van der Waals surface area contributed by atoms with Crippen LogP contribution in [0, 0.1) is 10.1 Å². The van der Waals surface area contributed by atoms with Crippen LogP contribution in [-0.4, -0.2) is 23.5 Å². The van der Waals surface area contributed by atoms with Gasteiger partial charge in [0.25, 0.3) is 11.6 Å². The lowest BCUT2D eigenvalue weighted by molar-refractivity contribution is -0.384. The Morgan fingerprint density at radius 2 is 1.88 bits per heavy atom. The number of carbonyl (C=O) groups excluding carboxylic acids is 1. The average Bonchev–Trinajstić information content (AvgIpc) is 2.58. The number of hydrogen-bond acceptors (Lipinski definition) is 5. The molecular weight excluding hydrogens is 392 g/mol. The molecule has 0 aliphatic carbocycles. The zero-order valence-electron chi connectivity index (χ0n) is 13.7. The molecule has 1 unspecified atom stereocenters. The van der Waals surface area contributed by atoms with Crippen molar-refractivity contribution in [1.29, 1.82) is 0 Å². The molecule has 8 heteroatoms. The van der Waals surface area contributed by atoms with E-state index in [0.29, 0.717) is 18.1 Å². The summed E-state index contributed by atoms with van der Waals surface area (Å²) in [5.41, 5.74) is -0.153. The van der Waals surface area contributed by atoms with Crippen LogP contribution in [0.5, 0.6) is 11.5 Å². The third-order valence-electron chi connectivity index (χ3n) is 3.23. The van der Waals surface area contributed by atoms with Crippen LogP contribution in [0.15, 0.2) is 46.9 Å². The summed E-state index contributed by atoms with van der Waals surface area (Å²) in [4.78, 5) is 22.9. The van der Waals surface area contributed by atoms with E-state index in [1.54, 1.807) is 44.2 Å². The van der Waals surface area contributed by atoms with Gasteiger partial charge in [-0.25, -0.2) is 0 Å². The van der Waals surface area contributed by atoms with Gasteiger partial charge in [-0.2, -0.15) is 0 Å². The molecule has 0 aliphatic heterocycles. The van der Waals surface area contributed by atoms with Crippen LogP contribution in [0.2, 0.25) is 0 Å². The summed E-state index contributed by atoms with van der Waals surface area (Å²) in [6.07, 6.45) is -0.827. The minimum atomic E-state index is -0.827. The van der Waals surface area contributed by atoms with E-state index in [4.69, 9.17) is 9.47 Å². The smallest absolute Gasteiger partial charge is 0.296 e. The van der Waals surface area contributed by atoms with Gasteiger partial charge in [-0.3, -0.25) is 14.9 Å². The Morgan fingerprint density at radius 1 is 1.24 bits per heavy atom. The summed E-state index contributed by atoms with van der Waals surface area (Å²) in [6.45, 7) is 3.74. The molecule has 0 aromatic heterocycles. The Bertz CT molecular complexity index is 764. The quantitative estimate of drug-likeness (QED) is 0.548. The van der Waals surface area contributed by atoms with Crippen LogP contribution in [-0.2, 0) is 4.79 Å². The molecule has 0 saturated heterocycles. The maximum Gasteiger partial charge on any atom is 0.296 e. The van der Waals surface area contributed by atoms with E-state index in [1.165, 1.54) is 12.1 Å². The Labute approximate surface area is 153 Å². The lowest BCUT2D eigenvalue weighted by Crippen LogP contribution is -2.30. The second-order valence-corrected chi connectivity index (χ2v) is 5.99. The number of ether oxygens (including phenoxy) is 2. The number of nitro benzene ring substituents is 1. The predicted molar refractivity (Wildman–Crippen MR) is 97.1 cm³/mol. The van der Waals surface area contributed by atoms with Gasteiger partial charge < -0.3 is 14.8 Å². The highest BCUT2D eigenvalue weighted by molar-refractivity contribution is 9.10. The summed E-state index contributed by atoms with van der Waals surface area (Å²) < 4.78 is 11.7. The van der Waals surface area contributed by atoms with E-state index in [2.05, 4.69) is 21.2 Å². The zero-order valence-corrected chi connectivity index (χ0v) is 15.3. The summed E-state index contributed by atoms with van der Waals surface area (Å²) >= 11 is 3.31. The highest BCUT2D eigenvalue weighted by atomic mass is 79.9.